The summed E-state index contributed by atoms with van der Waals surface area (Å²) in [4.78, 5) is 0. The minimum absolute atomic E-state index is 0.169. The van der Waals surface area contributed by atoms with Crippen molar-refractivity contribution in [2.75, 3.05) is 25.4 Å². The fourth-order valence-corrected chi connectivity index (χ4v) is 3.85. The third-order valence-electron chi connectivity index (χ3n) is 3.91. The molecule has 1 aliphatic carbocycles. The molecular weight excluding hydrogens is 240 g/mol. The van der Waals surface area contributed by atoms with Crippen LogP contribution in [0.3, 0.4) is 0 Å². The van der Waals surface area contributed by atoms with Gasteiger partial charge in [0.25, 0.3) is 0 Å². The van der Waals surface area contributed by atoms with Crippen molar-refractivity contribution in [2.45, 2.75) is 44.2 Å². The zero-order valence-electron chi connectivity index (χ0n) is 10.4. The van der Waals surface area contributed by atoms with Gasteiger partial charge in [0.1, 0.15) is 0 Å². The highest BCUT2D eigenvalue weighted by Crippen LogP contribution is 2.34. The average Bonchev–Trinajstić information content (AvgIpc) is 2.34. The van der Waals surface area contributed by atoms with Crippen molar-refractivity contribution in [2.24, 2.45) is 5.73 Å². The molecule has 17 heavy (non-hydrogen) atoms. The lowest BCUT2D eigenvalue weighted by atomic mass is 9.81. The summed E-state index contributed by atoms with van der Waals surface area (Å²) < 4.78 is 31.2. The van der Waals surface area contributed by atoms with E-state index in [1.807, 2.05) is 0 Å². The lowest BCUT2D eigenvalue weighted by Crippen LogP contribution is -2.56. The number of rotatable bonds is 2. The molecule has 1 heterocycles. The summed E-state index contributed by atoms with van der Waals surface area (Å²) in [6.45, 7) is 3.20. The third-order valence-corrected chi connectivity index (χ3v) is 5.74. The molecule has 0 radical (unpaired) electrons. The van der Waals surface area contributed by atoms with Crippen LogP contribution in [0.15, 0.2) is 0 Å². The van der Waals surface area contributed by atoms with Crippen molar-refractivity contribution in [3.63, 3.8) is 0 Å². The number of sulfonamides is 1. The molecule has 2 rings (SSSR count). The van der Waals surface area contributed by atoms with Crippen LogP contribution in [0.25, 0.3) is 0 Å². The van der Waals surface area contributed by atoms with E-state index in [2.05, 4.69) is 0 Å². The van der Waals surface area contributed by atoms with Crippen LogP contribution in [0.4, 0.5) is 0 Å². The second kappa shape index (κ2) is 4.84. The lowest BCUT2D eigenvalue weighted by Gasteiger charge is -2.45. The van der Waals surface area contributed by atoms with Crippen molar-refractivity contribution >= 4 is 10.0 Å². The largest absolute Gasteiger partial charge is 0.372 e. The summed E-state index contributed by atoms with van der Waals surface area (Å²) in [6, 6.07) is 0.252. The second-order valence-corrected chi connectivity index (χ2v) is 7.36. The molecule has 1 aliphatic heterocycles. The standard InChI is InChI=1S/C11H22N2O3S/c1-2-17(14,15)13-7-8-16-11(9-13)5-3-10(12)4-6-11/h10H,2-9,12H2,1H3. The lowest BCUT2D eigenvalue weighted by molar-refractivity contribution is -0.111. The van der Waals surface area contributed by atoms with E-state index in [0.29, 0.717) is 19.7 Å². The van der Waals surface area contributed by atoms with E-state index >= 15 is 0 Å². The van der Waals surface area contributed by atoms with Gasteiger partial charge in [-0.1, -0.05) is 0 Å². The Morgan fingerprint density at radius 1 is 1.41 bits per heavy atom. The smallest absolute Gasteiger partial charge is 0.214 e. The number of nitrogens with zero attached hydrogens (tertiary/aromatic N) is 1. The number of nitrogens with two attached hydrogens (primary N) is 1. The molecule has 1 saturated heterocycles. The predicted octanol–water partition coefficient (Wildman–Crippen LogP) is 0.308. The zero-order chi connectivity index (χ0) is 12.5. The van der Waals surface area contributed by atoms with Crippen molar-refractivity contribution in [1.29, 1.82) is 0 Å². The van der Waals surface area contributed by atoms with Crippen LogP contribution in [0.5, 0.6) is 0 Å². The van der Waals surface area contributed by atoms with E-state index in [-0.39, 0.29) is 17.4 Å². The summed E-state index contributed by atoms with van der Waals surface area (Å²) in [5.74, 6) is 0.169. The first-order valence-corrected chi connectivity index (χ1v) is 7.96. The average molecular weight is 262 g/mol. The molecule has 0 unspecified atom stereocenters. The molecule has 2 aliphatic rings. The van der Waals surface area contributed by atoms with E-state index in [0.717, 1.165) is 25.7 Å². The number of hydrogen-bond donors (Lipinski definition) is 1. The van der Waals surface area contributed by atoms with Gasteiger partial charge in [0.05, 0.1) is 18.0 Å². The minimum atomic E-state index is -3.09. The highest BCUT2D eigenvalue weighted by atomic mass is 32.2. The Hall–Kier alpha value is -0.170. The van der Waals surface area contributed by atoms with Crippen molar-refractivity contribution in [1.82, 2.24) is 4.31 Å². The Labute approximate surface area is 103 Å². The van der Waals surface area contributed by atoms with Crippen molar-refractivity contribution in [3.05, 3.63) is 0 Å². The van der Waals surface area contributed by atoms with E-state index < -0.39 is 10.0 Å². The first-order chi connectivity index (χ1) is 7.97. The quantitative estimate of drug-likeness (QED) is 0.777. The molecule has 2 fully saturated rings. The minimum Gasteiger partial charge on any atom is -0.372 e. The van der Waals surface area contributed by atoms with Gasteiger partial charge in [-0.25, -0.2) is 8.42 Å². The van der Waals surface area contributed by atoms with Gasteiger partial charge < -0.3 is 10.5 Å². The van der Waals surface area contributed by atoms with Gasteiger partial charge >= 0.3 is 0 Å². The normalized spacial score (nSPS) is 36.2. The van der Waals surface area contributed by atoms with Gasteiger partial charge in [-0.05, 0) is 32.6 Å². The third kappa shape index (κ3) is 2.81. The molecule has 0 atom stereocenters. The Bertz CT molecular complexity index is 361. The molecule has 0 aromatic carbocycles. The number of hydrogen-bond acceptors (Lipinski definition) is 4. The van der Waals surface area contributed by atoms with Gasteiger partial charge in [0.2, 0.25) is 10.0 Å². The van der Waals surface area contributed by atoms with Gasteiger partial charge in [-0.15, -0.1) is 0 Å². The fourth-order valence-electron chi connectivity index (χ4n) is 2.70. The monoisotopic (exact) mass is 262 g/mol. The van der Waals surface area contributed by atoms with Crippen LogP contribution >= 0.6 is 0 Å². The molecule has 0 aromatic heterocycles. The van der Waals surface area contributed by atoms with E-state index in [9.17, 15) is 8.42 Å². The Morgan fingerprint density at radius 2 is 2.06 bits per heavy atom. The molecule has 0 amide bonds. The first-order valence-electron chi connectivity index (χ1n) is 6.35. The van der Waals surface area contributed by atoms with Crippen molar-refractivity contribution < 1.29 is 13.2 Å². The van der Waals surface area contributed by atoms with Crippen LogP contribution < -0.4 is 5.73 Å². The summed E-state index contributed by atoms with van der Waals surface area (Å²) in [6.07, 6.45) is 3.62. The molecule has 6 heteroatoms. The van der Waals surface area contributed by atoms with Gasteiger partial charge in [-0.3, -0.25) is 0 Å². The molecule has 0 bridgehead atoms. The van der Waals surface area contributed by atoms with Crippen LogP contribution in [0, 0.1) is 0 Å². The highest BCUT2D eigenvalue weighted by molar-refractivity contribution is 7.89. The molecule has 2 N–H and O–H groups in total. The Kier molecular flexibility index (Phi) is 3.77. The summed E-state index contributed by atoms with van der Waals surface area (Å²) in [7, 11) is -3.09. The molecule has 5 nitrogen and oxygen atoms in total. The van der Waals surface area contributed by atoms with Gasteiger partial charge in [-0.2, -0.15) is 4.31 Å². The summed E-state index contributed by atoms with van der Waals surface area (Å²) in [5, 5.41) is 0. The molecular formula is C11H22N2O3S. The maximum Gasteiger partial charge on any atom is 0.214 e. The zero-order valence-corrected chi connectivity index (χ0v) is 11.2. The van der Waals surface area contributed by atoms with E-state index in [4.69, 9.17) is 10.5 Å². The molecule has 0 aromatic rings. The Morgan fingerprint density at radius 3 is 2.65 bits per heavy atom. The maximum atomic E-state index is 11.9. The van der Waals surface area contributed by atoms with E-state index in [1.165, 1.54) is 0 Å². The number of ether oxygens (including phenoxy) is 1. The molecule has 100 valence electrons. The van der Waals surface area contributed by atoms with Crippen LogP contribution in [-0.4, -0.2) is 49.8 Å². The Balaban J connectivity index is 2.07. The highest BCUT2D eigenvalue weighted by Gasteiger charge is 2.42. The van der Waals surface area contributed by atoms with E-state index in [1.54, 1.807) is 11.2 Å². The maximum absolute atomic E-state index is 11.9. The van der Waals surface area contributed by atoms with Crippen LogP contribution in [-0.2, 0) is 14.8 Å². The SMILES string of the molecule is CCS(=O)(=O)N1CCOC2(CCC(N)CC2)C1. The van der Waals surface area contributed by atoms with Gasteiger partial charge in [0.15, 0.2) is 0 Å². The van der Waals surface area contributed by atoms with Crippen LogP contribution in [0.2, 0.25) is 0 Å². The first kappa shape index (κ1) is 13.3. The van der Waals surface area contributed by atoms with Gasteiger partial charge in [0, 0.05) is 19.1 Å². The fraction of sp³-hybridized carbons (Fsp3) is 1.00. The summed E-state index contributed by atoms with van der Waals surface area (Å²) >= 11 is 0. The predicted molar refractivity (Wildman–Crippen MR) is 66.2 cm³/mol. The number of morpholine rings is 1. The van der Waals surface area contributed by atoms with Crippen LogP contribution in [0.1, 0.15) is 32.6 Å². The molecule has 1 saturated carbocycles. The topological polar surface area (TPSA) is 72.6 Å². The van der Waals surface area contributed by atoms with Crippen molar-refractivity contribution in [3.8, 4) is 0 Å². The molecule has 1 spiro atoms. The summed E-state index contributed by atoms with van der Waals surface area (Å²) in [5.41, 5.74) is 5.62. The second-order valence-electron chi connectivity index (χ2n) is 5.10.